The number of hydrogen-bond acceptors (Lipinski definition) is 7. The number of rotatable bonds is 5. The number of benzene rings is 2. The number of furan rings is 1. The Hall–Kier alpha value is -4.73. The smallest absolute Gasteiger partial charge is 0.300 e. The van der Waals surface area contributed by atoms with Crippen molar-refractivity contribution in [3.63, 3.8) is 0 Å². The van der Waals surface area contributed by atoms with Gasteiger partial charge in [-0.2, -0.15) is 0 Å². The molecule has 0 saturated carbocycles. The molecule has 2 aromatic carbocycles. The lowest BCUT2D eigenvalue weighted by Gasteiger charge is -2.23. The van der Waals surface area contributed by atoms with Crippen LogP contribution in [0.15, 0.2) is 76.9 Å². The van der Waals surface area contributed by atoms with Gasteiger partial charge < -0.3 is 14.8 Å². The Labute approximate surface area is 186 Å². The normalized spacial score (nSPS) is 17.2. The van der Waals surface area contributed by atoms with E-state index in [9.17, 15) is 29.6 Å². The van der Waals surface area contributed by atoms with Crippen molar-refractivity contribution in [3.8, 4) is 0 Å². The molecule has 3 aromatic rings. The van der Waals surface area contributed by atoms with Gasteiger partial charge in [0.05, 0.1) is 16.8 Å². The zero-order valence-corrected chi connectivity index (χ0v) is 17.2. The molecule has 166 valence electrons. The summed E-state index contributed by atoms with van der Waals surface area (Å²) >= 11 is 0. The van der Waals surface area contributed by atoms with Gasteiger partial charge >= 0.3 is 0 Å². The number of ketones is 1. The van der Waals surface area contributed by atoms with Crippen LogP contribution in [0.4, 0.5) is 17.1 Å². The summed E-state index contributed by atoms with van der Waals surface area (Å²) in [6, 6.07) is 13.4. The molecule has 1 saturated heterocycles. The summed E-state index contributed by atoms with van der Waals surface area (Å²) in [7, 11) is 0. The molecule has 10 nitrogen and oxygen atoms in total. The minimum Gasteiger partial charge on any atom is -0.507 e. The number of aliphatic hydroxyl groups excluding tert-OH is 1. The molecule has 0 spiro atoms. The second-order valence-corrected chi connectivity index (χ2v) is 7.22. The minimum absolute atomic E-state index is 0.0137. The van der Waals surface area contributed by atoms with Crippen molar-refractivity contribution in [2.24, 2.45) is 0 Å². The third-order valence-corrected chi connectivity index (χ3v) is 5.05. The monoisotopic (exact) mass is 447 g/mol. The quantitative estimate of drug-likeness (QED) is 0.199. The molecular weight excluding hydrogens is 430 g/mol. The van der Waals surface area contributed by atoms with E-state index in [4.69, 9.17) is 4.42 Å². The van der Waals surface area contributed by atoms with Crippen LogP contribution in [-0.4, -0.2) is 27.6 Å². The number of nitrogens with zero attached hydrogens (tertiary/aromatic N) is 2. The highest BCUT2D eigenvalue weighted by Crippen LogP contribution is 2.42. The summed E-state index contributed by atoms with van der Waals surface area (Å²) in [5.41, 5.74) is 0.289. The van der Waals surface area contributed by atoms with Crippen LogP contribution in [0.1, 0.15) is 24.3 Å². The highest BCUT2D eigenvalue weighted by atomic mass is 16.6. The number of Topliss-reactive ketones (excluding diaryl/α,β-unsaturated/α-hetero) is 1. The molecule has 1 aromatic heterocycles. The Morgan fingerprint density at radius 1 is 1.12 bits per heavy atom. The number of anilines is 2. The second kappa shape index (κ2) is 8.42. The summed E-state index contributed by atoms with van der Waals surface area (Å²) in [4.78, 5) is 48.9. The van der Waals surface area contributed by atoms with Crippen molar-refractivity contribution in [2.45, 2.75) is 13.0 Å². The van der Waals surface area contributed by atoms with Gasteiger partial charge in [0.15, 0.2) is 0 Å². The van der Waals surface area contributed by atoms with Crippen LogP contribution in [0.25, 0.3) is 5.76 Å². The molecule has 1 atom stereocenters. The molecular formula is C23H17N3O7. The van der Waals surface area contributed by atoms with Crippen LogP contribution in [0, 0.1) is 10.1 Å². The number of carbonyl (C=O) groups excluding carboxylic acids is 3. The summed E-state index contributed by atoms with van der Waals surface area (Å²) in [5.74, 6) is -2.49. The maximum absolute atomic E-state index is 13.0. The Balaban J connectivity index is 1.85. The number of hydrogen-bond donors (Lipinski definition) is 2. The fourth-order valence-corrected chi connectivity index (χ4v) is 3.65. The summed E-state index contributed by atoms with van der Waals surface area (Å²) in [6.07, 6.45) is 1.36. The predicted molar refractivity (Wildman–Crippen MR) is 117 cm³/mol. The topological polar surface area (TPSA) is 143 Å². The molecule has 1 unspecified atom stereocenters. The van der Waals surface area contributed by atoms with Crippen molar-refractivity contribution >= 4 is 40.4 Å². The number of non-ortho nitro benzene ring substituents is 1. The summed E-state index contributed by atoms with van der Waals surface area (Å²) in [6.45, 7) is 1.36. The summed E-state index contributed by atoms with van der Waals surface area (Å²) < 4.78 is 5.46. The third-order valence-electron chi connectivity index (χ3n) is 5.05. The van der Waals surface area contributed by atoms with Crippen molar-refractivity contribution in [2.75, 3.05) is 10.2 Å². The van der Waals surface area contributed by atoms with Crippen molar-refractivity contribution < 1.29 is 28.8 Å². The first-order chi connectivity index (χ1) is 15.8. The first kappa shape index (κ1) is 21.5. The van der Waals surface area contributed by atoms with Crippen molar-refractivity contribution in [1.82, 2.24) is 0 Å². The van der Waals surface area contributed by atoms with E-state index in [1.165, 1.54) is 36.3 Å². The lowest BCUT2D eigenvalue weighted by atomic mass is 9.99. The molecule has 1 fully saturated rings. The zero-order chi connectivity index (χ0) is 23.7. The van der Waals surface area contributed by atoms with E-state index in [2.05, 4.69) is 5.32 Å². The van der Waals surface area contributed by atoms with Gasteiger partial charge in [-0.25, -0.2) is 0 Å². The van der Waals surface area contributed by atoms with E-state index in [0.717, 1.165) is 6.07 Å². The lowest BCUT2D eigenvalue weighted by molar-refractivity contribution is -0.384. The fraction of sp³-hybridized carbons (Fsp3) is 0.0870. The number of amides is 2. The van der Waals surface area contributed by atoms with Gasteiger partial charge in [-0.3, -0.25) is 29.4 Å². The molecule has 1 aliphatic rings. The average molecular weight is 447 g/mol. The van der Waals surface area contributed by atoms with Gasteiger partial charge in [0, 0.05) is 36.0 Å². The molecule has 4 rings (SSSR count). The van der Waals surface area contributed by atoms with Crippen molar-refractivity contribution in [1.29, 1.82) is 0 Å². The van der Waals surface area contributed by atoms with E-state index in [-0.39, 0.29) is 28.5 Å². The number of aliphatic hydroxyl groups is 1. The number of nitrogens with one attached hydrogen (secondary N) is 1. The van der Waals surface area contributed by atoms with Crippen LogP contribution in [0.2, 0.25) is 0 Å². The molecule has 33 heavy (non-hydrogen) atoms. The zero-order valence-electron chi connectivity index (χ0n) is 17.2. The van der Waals surface area contributed by atoms with Crippen LogP contribution in [0.5, 0.6) is 0 Å². The highest BCUT2D eigenvalue weighted by Gasteiger charge is 2.48. The Morgan fingerprint density at radius 2 is 1.85 bits per heavy atom. The number of nitro benzene ring substituents is 1. The summed E-state index contributed by atoms with van der Waals surface area (Å²) in [5, 5.41) is 24.7. The van der Waals surface area contributed by atoms with E-state index < -0.39 is 28.4 Å². The Kier molecular flexibility index (Phi) is 5.49. The maximum atomic E-state index is 13.0. The highest BCUT2D eigenvalue weighted by molar-refractivity contribution is 6.51. The maximum Gasteiger partial charge on any atom is 0.300 e. The largest absolute Gasteiger partial charge is 0.507 e. The average Bonchev–Trinajstić information content (AvgIpc) is 3.41. The second-order valence-electron chi connectivity index (χ2n) is 7.22. The molecule has 2 N–H and O–H groups in total. The standard InChI is InChI=1S/C23H17N3O7/c1-13(27)24-15-7-9-16(10-8-15)25-20(18-6-3-11-33-18)19(22(29)23(25)30)21(28)14-4-2-5-17(12-14)26(31)32/h2-12,20,28H,1H3,(H,24,27)/b21-19-. The van der Waals surface area contributed by atoms with Crippen molar-refractivity contribution in [3.05, 3.63) is 93.9 Å². The van der Waals surface area contributed by atoms with Crippen LogP contribution >= 0.6 is 0 Å². The van der Waals surface area contributed by atoms with Gasteiger partial charge in [0.25, 0.3) is 17.4 Å². The first-order valence-corrected chi connectivity index (χ1v) is 9.75. The molecule has 0 bridgehead atoms. The van der Waals surface area contributed by atoms with Gasteiger partial charge in [0.2, 0.25) is 5.91 Å². The molecule has 1 aliphatic heterocycles. The van der Waals surface area contributed by atoms with E-state index in [1.54, 1.807) is 36.4 Å². The van der Waals surface area contributed by atoms with Gasteiger partial charge in [0.1, 0.15) is 17.6 Å². The van der Waals surface area contributed by atoms with Crippen LogP contribution in [0.3, 0.4) is 0 Å². The molecule has 10 heteroatoms. The molecule has 2 heterocycles. The van der Waals surface area contributed by atoms with Crippen LogP contribution in [-0.2, 0) is 14.4 Å². The van der Waals surface area contributed by atoms with Gasteiger partial charge in [-0.1, -0.05) is 12.1 Å². The first-order valence-electron chi connectivity index (χ1n) is 9.75. The fourth-order valence-electron chi connectivity index (χ4n) is 3.65. The molecule has 2 amide bonds. The van der Waals surface area contributed by atoms with E-state index >= 15 is 0 Å². The SMILES string of the molecule is CC(=O)Nc1ccc(N2C(=O)C(=O)/C(=C(\O)c3cccc([N+](=O)[O-])c3)C2c2ccco2)cc1. The molecule has 0 radical (unpaired) electrons. The molecule has 0 aliphatic carbocycles. The lowest BCUT2D eigenvalue weighted by Crippen LogP contribution is -2.29. The van der Waals surface area contributed by atoms with E-state index in [1.807, 2.05) is 0 Å². The van der Waals surface area contributed by atoms with Gasteiger partial charge in [-0.05, 0) is 36.4 Å². The number of carbonyl (C=O) groups is 3. The minimum atomic E-state index is -1.11. The third kappa shape index (κ3) is 3.97. The Morgan fingerprint density at radius 3 is 2.45 bits per heavy atom. The number of nitro groups is 1. The van der Waals surface area contributed by atoms with Gasteiger partial charge in [-0.15, -0.1) is 0 Å². The van der Waals surface area contributed by atoms with Crippen LogP contribution < -0.4 is 10.2 Å². The predicted octanol–water partition coefficient (Wildman–Crippen LogP) is 3.77. The Bertz CT molecular complexity index is 1290. The van der Waals surface area contributed by atoms with E-state index in [0.29, 0.717) is 11.4 Å².